The summed E-state index contributed by atoms with van der Waals surface area (Å²) in [5.74, 6) is 0.306. The zero-order chi connectivity index (χ0) is 18.1. The molecule has 0 aliphatic carbocycles. The minimum atomic E-state index is -0.327. The molecule has 3 heterocycles. The van der Waals surface area contributed by atoms with Gasteiger partial charge in [-0.25, -0.2) is 9.37 Å². The maximum atomic E-state index is 13.3. The molecule has 1 aromatic carbocycles. The van der Waals surface area contributed by atoms with E-state index in [9.17, 15) is 9.18 Å². The normalized spacial score (nSPS) is 15.4. The standard InChI is InChI=1S/C19H20FN5O/c1-24-6-8-25(9-7-24)18-5-3-15(12-21-18)22-19(26)17-11-13-10-14(20)2-4-16(13)23-17/h2-5,10-12,23H,6-9H2,1H3,(H,22,26). The number of hydrogen-bond acceptors (Lipinski definition) is 4. The number of aromatic amines is 1. The number of pyridine rings is 1. The lowest BCUT2D eigenvalue weighted by Gasteiger charge is -2.33. The average Bonchev–Trinajstić information content (AvgIpc) is 3.06. The molecule has 1 amide bonds. The summed E-state index contributed by atoms with van der Waals surface area (Å²) in [6.45, 7) is 3.92. The van der Waals surface area contributed by atoms with Gasteiger partial charge in [0.25, 0.3) is 5.91 Å². The predicted octanol–water partition coefficient (Wildman–Crippen LogP) is 2.71. The largest absolute Gasteiger partial charge is 0.354 e. The van der Waals surface area contributed by atoms with Gasteiger partial charge in [0.15, 0.2) is 0 Å². The topological polar surface area (TPSA) is 64.3 Å². The van der Waals surface area contributed by atoms with Gasteiger partial charge in [-0.1, -0.05) is 0 Å². The number of rotatable bonds is 3. The number of benzene rings is 1. The van der Waals surface area contributed by atoms with Gasteiger partial charge < -0.3 is 20.1 Å². The van der Waals surface area contributed by atoms with Crippen LogP contribution in [-0.2, 0) is 0 Å². The first kappa shape index (κ1) is 16.5. The lowest BCUT2D eigenvalue weighted by molar-refractivity contribution is 0.102. The van der Waals surface area contributed by atoms with Crippen LogP contribution in [0.5, 0.6) is 0 Å². The number of nitrogens with zero attached hydrogens (tertiary/aromatic N) is 3. The van der Waals surface area contributed by atoms with Crippen LogP contribution < -0.4 is 10.2 Å². The van der Waals surface area contributed by atoms with E-state index in [1.54, 1.807) is 18.3 Å². The number of H-pyrrole nitrogens is 1. The van der Waals surface area contributed by atoms with E-state index in [4.69, 9.17) is 0 Å². The van der Waals surface area contributed by atoms with Crippen molar-refractivity contribution in [1.82, 2.24) is 14.9 Å². The first-order valence-corrected chi connectivity index (χ1v) is 8.58. The number of carbonyl (C=O) groups excluding carboxylic acids is 1. The summed E-state index contributed by atoms with van der Waals surface area (Å²) >= 11 is 0. The van der Waals surface area contributed by atoms with Gasteiger partial charge in [0.05, 0.1) is 11.9 Å². The Labute approximate surface area is 150 Å². The zero-order valence-corrected chi connectivity index (χ0v) is 14.5. The third-order valence-corrected chi connectivity index (χ3v) is 4.66. The number of hydrogen-bond donors (Lipinski definition) is 2. The number of aromatic nitrogens is 2. The Morgan fingerprint density at radius 1 is 1.15 bits per heavy atom. The highest BCUT2D eigenvalue weighted by atomic mass is 19.1. The summed E-state index contributed by atoms with van der Waals surface area (Å²) in [6.07, 6.45) is 1.66. The molecule has 0 atom stereocenters. The molecule has 6 nitrogen and oxygen atoms in total. The number of anilines is 2. The third-order valence-electron chi connectivity index (χ3n) is 4.66. The van der Waals surface area contributed by atoms with E-state index >= 15 is 0 Å². The molecule has 2 aromatic heterocycles. The van der Waals surface area contributed by atoms with Gasteiger partial charge in [-0.3, -0.25) is 4.79 Å². The minimum Gasteiger partial charge on any atom is -0.354 e. The Morgan fingerprint density at radius 3 is 2.69 bits per heavy atom. The van der Waals surface area contributed by atoms with Gasteiger partial charge in [0.2, 0.25) is 0 Å². The van der Waals surface area contributed by atoms with Gasteiger partial charge in [-0.05, 0) is 43.4 Å². The van der Waals surface area contributed by atoms with E-state index in [2.05, 4.69) is 32.1 Å². The molecule has 0 unspecified atom stereocenters. The Balaban J connectivity index is 1.45. The number of fused-ring (bicyclic) bond motifs is 1. The molecule has 0 spiro atoms. The molecule has 134 valence electrons. The number of nitrogens with one attached hydrogen (secondary N) is 2. The molecule has 1 aliphatic rings. The smallest absolute Gasteiger partial charge is 0.272 e. The fraction of sp³-hybridized carbons (Fsp3) is 0.263. The Bertz CT molecular complexity index is 929. The van der Waals surface area contributed by atoms with Crippen molar-refractivity contribution in [3.63, 3.8) is 0 Å². The van der Waals surface area contributed by atoms with Crippen molar-refractivity contribution in [3.8, 4) is 0 Å². The first-order valence-electron chi connectivity index (χ1n) is 8.58. The summed E-state index contributed by atoms with van der Waals surface area (Å²) in [5.41, 5.74) is 1.73. The lowest BCUT2D eigenvalue weighted by atomic mass is 10.2. The zero-order valence-electron chi connectivity index (χ0n) is 14.5. The lowest BCUT2D eigenvalue weighted by Crippen LogP contribution is -2.44. The van der Waals surface area contributed by atoms with Crippen LogP contribution in [0.25, 0.3) is 10.9 Å². The highest BCUT2D eigenvalue weighted by Gasteiger charge is 2.15. The first-order chi connectivity index (χ1) is 12.6. The molecule has 26 heavy (non-hydrogen) atoms. The fourth-order valence-electron chi connectivity index (χ4n) is 3.11. The Hall–Kier alpha value is -2.93. The summed E-state index contributed by atoms with van der Waals surface area (Å²) in [5, 5.41) is 3.48. The van der Waals surface area contributed by atoms with Crippen LogP contribution in [0.1, 0.15) is 10.5 Å². The monoisotopic (exact) mass is 353 g/mol. The highest BCUT2D eigenvalue weighted by molar-refractivity contribution is 6.05. The van der Waals surface area contributed by atoms with Crippen LogP contribution >= 0.6 is 0 Å². The predicted molar refractivity (Wildman–Crippen MR) is 100 cm³/mol. The molecule has 1 aliphatic heterocycles. The SMILES string of the molecule is CN1CCN(c2ccc(NC(=O)c3cc4cc(F)ccc4[nH]3)cn2)CC1. The van der Waals surface area contributed by atoms with E-state index in [-0.39, 0.29) is 11.7 Å². The van der Waals surface area contributed by atoms with Crippen LogP contribution in [0, 0.1) is 5.82 Å². The van der Waals surface area contributed by atoms with Crippen molar-refractivity contribution >= 4 is 28.3 Å². The molecule has 4 rings (SSSR count). The van der Waals surface area contributed by atoms with E-state index < -0.39 is 0 Å². The molecule has 2 N–H and O–H groups in total. The van der Waals surface area contributed by atoms with Crippen molar-refractivity contribution in [3.05, 3.63) is 54.1 Å². The maximum Gasteiger partial charge on any atom is 0.272 e. The molecule has 1 saturated heterocycles. The van der Waals surface area contributed by atoms with Gasteiger partial charge in [0.1, 0.15) is 17.3 Å². The van der Waals surface area contributed by atoms with Crippen molar-refractivity contribution < 1.29 is 9.18 Å². The molecule has 1 fully saturated rings. The van der Waals surface area contributed by atoms with Crippen molar-refractivity contribution in [1.29, 1.82) is 0 Å². The van der Waals surface area contributed by atoms with Crippen LogP contribution in [0.2, 0.25) is 0 Å². The number of amides is 1. The fourth-order valence-corrected chi connectivity index (χ4v) is 3.11. The molecule has 3 aromatic rings. The second kappa shape index (κ2) is 6.76. The third kappa shape index (κ3) is 3.39. The molecule has 0 saturated carbocycles. The summed E-state index contributed by atoms with van der Waals surface area (Å²) in [4.78, 5) is 24.4. The number of halogens is 1. The van der Waals surface area contributed by atoms with Gasteiger partial charge in [0, 0.05) is 37.1 Å². The van der Waals surface area contributed by atoms with E-state index in [1.165, 1.54) is 12.1 Å². The maximum absolute atomic E-state index is 13.3. The average molecular weight is 353 g/mol. The molecule has 0 bridgehead atoms. The van der Waals surface area contributed by atoms with Crippen LogP contribution in [0.15, 0.2) is 42.6 Å². The number of carbonyl (C=O) groups is 1. The van der Waals surface area contributed by atoms with Crippen molar-refractivity contribution in [2.45, 2.75) is 0 Å². The quantitative estimate of drug-likeness (QED) is 0.760. The van der Waals surface area contributed by atoms with E-state index in [0.717, 1.165) is 37.5 Å². The summed E-state index contributed by atoms with van der Waals surface area (Å²) in [6, 6.07) is 9.78. The molecular formula is C19H20FN5O. The number of piperazine rings is 1. The summed E-state index contributed by atoms with van der Waals surface area (Å²) in [7, 11) is 2.11. The van der Waals surface area contributed by atoms with Gasteiger partial charge >= 0.3 is 0 Å². The van der Waals surface area contributed by atoms with Crippen LogP contribution in [0.4, 0.5) is 15.9 Å². The van der Waals surface area contributed by atoms with Crippen molar-refractivity contribution in [2.24, 2.45) is 0 Å². The Morgan fingerprint density at radius 2 is 1.96 bits per heavy atom. The second-order valence-electron chi connectivity index (χ2n) is 6.56. The minimum absolute atomic E-state index is 0.282. The molecule has 7 heteroatoms. The second-order valence-corrected chi connectivity index (χ2v) is 6.56. The Kier molecular flexibility index (Phi) is 4.30. The molecular weight excluding hydrogens is 333 g/mol. The van der Waals surface area contributed by atoms with Gasteiger partial charge in [-0.15, -0.1) is 0 Å². The molecule has 0 radical (unpaired) electrons. The van der Waals surface area contributed by atoms with Crippen LogP contribution in [-0.4, -0.2) is 54.0 Å². The van der Waals surface area contributed by atoms with E-state index in [0.29, 0.717) is 16.8 Å². The van der Waals surface area contributed by atoms with Crippen molar-refractivity contribution in [2.75, 3.05) is 43.4 Å². The number of likely N-dealkylation sites (N-methyl/N-ethyl adjacent to an activating group) is 1. The highest BCUT2D eigenvalue weighted by Crippen LogP contribution is 2.19. The van der Waals surface area contributed by atoms with Gasteiger partial charge in [-0.2, -0.15) is 0 Å². The van der Waals surface area contributed by atoms with E-state index in [1.807, 2.05) is 12.1 Å². The summed E-state index contributed by atoms with van der Waals surface area (Å²) < 4.78 is 13.3. The van der Waals surface area contributed by atoms with Crippen LogP contribution in [0.3, 0.4) is 0 Å².